The lowest BCUT2D eigenvalue weighted by Gasteiger charge is -2.19. The van der Waals surface area contributed by atoms with Gasteiger partial charge in [0, 0.05) is 11.6 Å². The minimum atomic E-state index is -1.05. The van der Waals surface area contributed by atoms with Crippen LogP contribution in [0.25, 0.3) is 6.08 Å². The Morgan fingerprint density at radius 1 is 1.42 bits per heavy atom. The Hall–Kier alpha value is -1.88. The van der Waals surface area contributed by atoms with Crippen LogP contribution in [0.4, 0.5) is 5.69 Å². The zero-order valence-electron chi connectivity index (χ0n) is 10.8. The van der Waals surface area contributed by atoms with E-state index < -0.39 is 16.3 Å². The van der Waals surface area contributed by atoms with Crippen LogP contribution in [0.1, 0.15) is 26.3 Å². The molecule has 102 valence electrons. The lowest BCUT2D eigenvalue weighted by atomic mass is 9.85. The van der Waals surface area contributed by atoms with Gasteiger partial charge in [0.2, 0.25) is 0 Å². The maximum atomic E-state index is 11.2. The van der Waals surface area contributed by atoms with Crippen molar-refractivity contribution in [3.05, 3.63) is 44.5 Å². The highest BCUT2D eigenvalue weighted by atomic mass is 35.5. The van der Waals surface area contributed by atoms with Crippen molar-refractivity contribution in [3.8, 4) is 0 Å². The van der Waals surface area contributed by atoms with Gasteiger partial charge in [0.05, 0.1) is 4.92 Å². The van der Waals surface area contributed by atoms with Gasteiger partial charge in [-0.1, -0.05) is 38.4 Å². The summed E-state index contributed by atoms with van der Waals surface area (Å²) in [5.41, 5.74) is -0.207. The number of halogens is 1. The van der Waals surface area contributed by atoms with Crippen molar-refractivity contribution in [2.75, 3.05) is 0 Å². The van der Waals surface area contributed by atoms with E-state index in [1.54, 1.807) is 26.8 Å². The van der Waals surface area contributed by atoms with Gasteiger partial charge in [-0.2, -0.15) is 0 Å². The van der Waals surface area contributed by atoms with E-state index in [-0.39, 0.29) is 16.3 Å². The number of carbonyl (C=O) groups is 1. The topological polar surface area (TPSA) is 80.4 Å². The molecule has 0 heterocycles. The summed E-state index contributed by atoms with van der Waals surface area (Å²) in [7, 11) is 0. The maximum Gasteiger partial charge on any atom is 0.332 e. The molecule has 0 bridgehead atoms. The van der Waals surface area contributed by atoms with Crippen molar-refractivity contribution in [2.24, 2.45) is 5.41 Å². The number of nitrogens with zero attached hydrogens (tertiary/aromatic N) is 1. The van der Waals surface area contributed by atoms with E-state index in [2.05, 4.69) is 0 Å². The van der Waals surface area contributed by atoms with Crippen molar-refractivity contribution < 1.29 is 14.8 Å². The summed E-state index contributed by atoms with van der Waals surface area (Å²) in [5, 5.41) is 20.0. The Balaban J connectivity index is 3.34. The molecule has 0 spiro atoms. The molecule has 0 saturated heterocycles. The van der Waals surface area contributed by atoms with Crippen LogP contribution >= 0.6 is 11.6 Å². The van der Waals surface area contributed by atoms with Gasteiger partial charge in [-0.15, -0.1) is 0 Å². The first-order chi connectivity index (χ1) is 8.62. The summed E-state index contributed by atoms with van der Waals surface area (Å²) < 4.78 is 0. The highest BCUT2D eigenvalue weighted by molar-refractivity contribution is 6.32. The number of hydrogen-bond donors (Lipinski definition) is 1. The molecular formula is C13H14ClNO4. The Kier molecular flexibility index (Phi) is 4.32. The SMILES string of the molecule is CC(C)(C)C(=Cc1ccc(Cl)c([N+](=O)[O-])c1)C(=O)O. The predicted octanol–water partition coefficient (Wildman–Crippen LogP) is 3.76. The molecule has 1 aromatic rings. The van der Waals surface area contributed by atoms with E-state index in [1.165, 1.54) is 18.2 Å². The van der Waals surface area contributed by atoms with Crippen molar-refractivity contribution in [2.45, 2.75) is 20.8 Å². The van der Waals surface area contributed by atoms with E-state index in [9.17, 15) is 20.0 Å². The number of carboxylic acid groups (broad SMARTS) is 1. The molecule has 19 heavy (non-hydrogen) atoms. The van der Waals surface area contributed by atoms with Crippen LogP contribution in [0.15, 0.2) is 23.8 Å². The molecule has 1 N–H and O–H groups in total. The van der Waals surface area contributed by atoms with Gasteiger partial charge in [-0.05, 0) is 23.1 Å². The van der Waals surface area contributed by atoms with Gasteiger partial charge in [0.1, 0.15) is 5.02 Å². The molecule has 5 nitrogen and oxygen atoms in total. The highest BCUT2D eigenvalue weighted by Crippen LogP contribution is 2.30. The zero-order valence-corrected chi connectivity index (χ0v) is 11.6. The monoisotopic (exact) mass is 283 g/mol. The largest absolute Gasteiger partial charge is 0.478 e. The molecule has 0 aromatic heterocycles. The summed E-state index contributed by atoms with van der Waals surface area (Å²) in [4.78, 5) is 21.4. The quantitative estimate of drug-likeness (QED) is 0.520. The minimum absolute atomic E-state index is 0.0229. The van der Waals surface area contributed by atoms with Gasteiger partial charge in [-0.25, -0.2) is 4.79 Å². The molecule has 0 saturated carbocycles. The lowest BCUT2D eigenvalue weighted by Crippen LogP contribution is -2.17. The number of nitro benzene ring substituents is 1. The molecular weight excluding hydrogens is 270 g/mol. The number of rotatable bonds is 3. The normalized spacial score (nSPS) is 12.3. The first-order valence-corrected chi connectivity index (χ1v) is 5.90. The molecule has 0 aliphatic heterocycles. The fourth-order valence-corrected chi connectivity index (χ4v) is 1.71. The maximum absolute atomic E-state index is 11.2. The average Bonchev–Trinajstić information content (AvgIpc) is 2.25. The van der Waals surface area contributed by atoms with Crippen LogP contribution in [0.3, 0.4) is 0 Å². The van der Waals surface area contributed by atoms with Crippen LogP contribution in [0.5, 0.6) is 0 Å². The molecule has 0 aliphatic carbocycles. The van der Waals surface area contributed by atoms with Gasteiger partial charge >= 0.3 is 5.97 Å². The number of aliphatic carboxylic acids is 1. The van der Waals surface area contributed by atoms with Crippen LogP contribution in [-0.4, -0.2) is 16.0 Å². The zero-order chi connectivity index (χ0) is 14.8. The Bertz CT molecular complexity index is 558. The molecule has 6 heteroatoms. The molecule has 0 atom stereocenters. The van der Waals surface area contributed by atoms with Crippen molar-refractivity contribution in [1.29, 1.82) is 0 Å². The molecule has 0 unspecified atom stereocenters. The van der Waals surface area contributed by atoms with Gasteiger partial charge in [0.25, 0.3) is 5.69 Å². The van der Waals surface area contributed by atoms with Gasteiger partial charge in [0.15, 0.2) is 0 Å². The predicted molar refractivity (Wildman–Crippen MR) is 73.2 cm³/mol. The molecule has 0 radical (unpaired) electrons. The third-order valence-corrected chi connectivity index (χ3v) is 2.84. The van der Waals surface area contributed by atoms with Crippen LogP contribution in [0, 0.1) is 15.5 Å². The van der Waals surface area contributed by atoms with Crippen LogP contribution in [-0.2, 0) is 4.79 Å². The third kappa shape index (κ3) is 3.79. The number of carboxylic acids is 1. The second kappa shape index (κ2) is 5.40. The summed E-state index contributed by atoms with van der Waals surface area (Å²) >= 11 is 5.70. The standard InChI is InChI=1S/C13H14ClNO4/c1-13(2,3)9(12(16)17)6-8-4-5-10(14)11(7-8)15(18)19/h4-7H,1-3H3,(H,16,17). The van der Waals surface area contributed by atoms with E-state index in [0.29, 0.717) is 5.56 Å². The van der Waals surface area contributed by atoms with Crippen molar-refractivity contribution in [3.63, 3.8) is 0 Å². The highest BCUT2D eigenvalue weighted by Gasteiger charge is 2.23. The summed E-state index contributed by atoms with van der Waals surface area (Å²) in [6.45, 7) is 5.28. The van der Waals surface area contributed by atoms with Gasteiger partial charge < -0.3 is 5.11 Å². The molecule has 1 rings (SSSR count). The fourth-order valence-electron chi connectivity index (χ4n) is 1.53. The fraction of sp³-hybridized carbons (Fsp3) is 0.308. The first-order valence-electron chi connectivity index (χ1n) is 5.52. The number of hydrogen-bond acceptors (Lipinski definition) is 3. The lowest BCUT2D eigenvalue weighted by molar-refractivity contribution is -0.384. The summed E-state index contributed by atoms with van der Waals surface area (Å²) in [5.74, 6) is -1.05. The van der Waals surface area contributed by atoms with E-state index in [0.717, 1.165) is 0 Å². The van der Waals surface area contributed by atoms with E-state index >= 15 is 0 Å². The number of nitro groups is 1. The summed E-state index contributed by atoms with van der Waals surface area (Å²) in [6, 6.07) is 4.19. The average molecular weight is 284 g/mol. The third-order valence-electron chi connectivity index (χ3n) is 2.52. The summed E-state index contributed by atoms with van der Waals surface area (Å²) in [6.07, 6.45) is 1.42. The van der Waals surface area contributed by atoms with Crippen LogP contribution < -0.4 is 0 Å². The Labute approximate surface area is 115 Å². The smallest absolute Gasteiger partial charge is 0.332 e. The first kappa shape index (κ1) is 15.2. The molecule has 0 amide bonds. The minimum Gasteiger partial charge on any atom is -0.478 e. The van der Waals surface area contributed by atoms with Crippen molar-refractivity contribution >= 4 is 29.3 Å². The second-order valence-electron chi connectivity index (χ2n) is 5.08. The van der Waals surface area contributed by atoms with Gasteiger partial charge in [-0.3, -0.25) is 10.1 Å². The molecule has 0 fully saturated rings. The van der Waals surface area contributed by atoms with E-state index in [4.69, 9.17) is 11.6 Å². The number of benzene rings is 1. The van der Waals surface area contributed by atoms with Crippen molar-refractivity contribution in [1.82, 2.24) is 0 Å². The van der Waals surface area contributed by atoms with E-state index in [1.807, 2.05) is 0 Å². The molecule has 1 aromatic carbocycles. The van der Waals surface area contributed by atoms with Crippen LogP contribution in [0.2, 0.25) is 5.02 Å². The second-order valence-corrected chi connectivity index (χ2v) is 5.49. The Morgan fingerprint density at radius 2 is 2.00 bits per heavy atom. The Morgan fingerprint density at radius 3 is 2.42 bits per heavy atom. The molecule has 0 aliphatic rings.